The zero-order valence-corrected chi connectivity index (χ0v) is 7.25. The SMILES string of the molecule is c1cc2ncc1C[N+]1=C(NCC1)N2. The van der Waals surface area contributed by atoms with Crippen LogP contribution in [-0.4, -0.2) is 28.6 Å². The Kier molecular flexibility index (Phi) is 1.30. The van der Waals surface area contributed by atoms with E-state index < -0.39 is 0 Å². The Morgan fingerprint density at radius 3 is 3.23 bits per heavy atom. The first-order valence-electron chi connectivity index (χ1n) is 4.49. The van der Waals surface area contributed by atoms with Gasteiger partial charge in [-0.3, -0.25) is 9.89 Å². The van der Waals surface area contributed by atoms with E-state index in [4.69, 9.17) is 0 Å². The molecule has 4 rings (SSSR count). The zero-order valence-electron chi connectivity index (χ0n) is 7.25. The molecule has 2 bridgehead atoms. The van der Waals surface area contributed by atoms with Crippen LogP contribution in [-0.2, 0) is 6.54 Å². The van der Waals surface area contributed by atoms with Crippen molar-refractivity contribution in [2.75, 3.05) is 18.4 Å². The average Bonchev–Trinajstić information content (AvgIpc) is 2.52. The molecular weight excluding hydrogens is 164 g/mol. The monoisotopic (exact) mass is 175 g/mol. The zero-order chi connectivity index (χ0) is 8.67. The Hall–Kier alpha value is -1.58. The van der Waals surface area contributed by atoms with Crippen LogP contribution in [0.25, 0.3) is 0 Å². The van der Waals surface area contributed by atoms with Crippen LogP contribution in [0.3, 0.4) is 0 Å². The maximum absolute atomic E-state index is 4.28. The quantitative estimate of drug-likeness (QED) is 0.544. The lowest BCUT2D eigenvalue weighted by Crippen LogP contribution is -2.32. The minimum atomic E-state index is 0.915. The van der Waals surface area contributed by atoms with Gasteiger partial charge in [-0.1, -0.05) is 0 Å². The molecule has 3 aliphatic rings. The number of hydrogen-bond donors (Lipinski definition) is 2. The molecule has 0 saturated heterocycles. The van der Waals surface area contributed by atoms with Gasteiger partial charge >= 0.3 is 5.96 Å². The fourth-order valence-corrected chi connectivity index (χ4v) is 1.75. The van der Waals surface area contributed by atoms with Gasteiger partial charge in [0.2, 0.25) is 0 Å². The number of anilines is 1. The van der Waals surface area contributed by atoms with E-state index in [0.29, 0.717) is 0 Å². The average molecular weight is 175 g/mol. The highest BCUT2D eigenvalue weighted by Gasteiger charge is 2.22. The highest BCUT2D eigenvalue weighted by Crippen LogP contribution is 2.10. The van der Waals surface area contributed by atoms with Gasteiger partial charge in [-0.15, -0.1) is 0 Å². The molecule has 4 nitrogen and oxygen atoms in total. The van der Waals surface area contributed by atoms with Crippen molar-refractivity contribution in [1.82, 2.24) is 10.3 Å². The van der Waals surface area contributed by atoms with Crippen LogP contribution in [0.2, 0.25) is 0 Å². The van der Waals surface area contributed by atoms with E-state index in [9.17, 15) is 0 Å². The van der Waals surface area contributed by atoms with E-state index in [-0.39, 0.29) is 0 Å². The van der Waals surface area contributed by atoms with Crippen LogP contribution in [0.4, 0.5) is 5.82 Å². The summed E-state index contributed by atoms with van der Waals surface area (Å²) in [5, 5.41) is 6.56. The molecule has 13 heavy (non-hydrogen) atoms. The Bertz CT molecular complexity index is 331. The molecule has 0 amide bonds. The number of nitrogens with one attached hydrogen (secondary N) is 2. The molecule has 3 aliphatic heterocycles. The number of hydrogen-bond acceptors (Lipinski definition) is 3. The molecule has 0 aromatic carbocycles. The van der Waals surface area contributed by atoms with Crippen molar-refractivity contribution in [3.63, 3.8) is 0 Å². The van der Waals surface area contributed by atoms with E-state index in [1.54, 1.807) is 0 Å². The number of guanidine groups is 1. The van der Waals surface area contributed by atoms with Crippen molar-refractivity contribution in [2.24, 2.45) is 0 Å². The highest BCUT2D eigenvalue weighted by molar-refractivity contribution is 5.89. The molecule has 1 aromatic rings. The Morgan fingerprint density at radius 2 is 2.38 bits per heavy atom. The predicted molar refractivity (Wildman–Crippen MR) is 49.7 cm³/mol. The van der Waals surface area contributed by atoms with Crippen molar-refractivity contribution < 1.29 is 4.58 Å². The van der Waals surface area contributed by atoms with E-state index in [1.165, 1.54) is 5.56 Å². The van der Waals surface area contributed by atoms with Crippen LogP contribution in [0.1, 0.15) is 5.56 Å². The second kappa shape index (κ2) is 2.45. The number of rotatable bonds is 0. The van der Waals surface area contributed by atoms with Gasteiger partial charge in [0.1, 0.15) is 0 Å². The third-order valence-electron chi connectivity index (χ3n) is 2.44. The summed E-state index contributed by atoms with van der Waals surface area (Å²) in [6, 6.07) is 4.13. The summed E-state index contributed by atoms with van der Waals surface area (Å²) in [6.45, 7) is 3.03. The molecule has 0 radical (unpaired) electrons. The van der Waals surface area contributed by atoms with Crippen LogP contribution in [0.15, 0.2) is 18.3 Å². The molecule has 2 N–H and O–H groups in total. The second-order valence-corrected chi connectivity index (χ2v) is 3.37. The molecule has 0 spiro atoms. The van der Waals surface area contributed by atoms with E-state index in [0.717, 1.165) is 31.4 Å². The first kappa shape index (κ1) is 6.88. The minimum absolute atomic E-state index is 0.915. The van der Waals surface area contributed by atoms with E-state index in [1.807, 2.05) is 12.3 Å². The van der Waals surface area contributed by atoms with Gasteiger partial charge in [-0.05, 0) is 12.1 Å². The van der Waals surface area contributed by atoms with Crippen LogP contribution in [0.5, 0.6) is 0 Å². The van der Waals surface area contributed by atoms with Crippen molar-refractivity contribution in [3.8, 4) is 0 Å². The van der Waals surface area contributed by atoms with Crippen molar-refractivity contribution >= 4 is 11.8 Å². The standard InChI is InChI=1S/C9H10N4/c1-2-8-11-5-7(1)6-13-4-3-10-9(13)12-8/h1-2,5H,3-4,6H2,(H,10,11,12)/p+1. The number of fused-ring (bicyclic) bond motifs is 2. The van der Waals surface area contributed by atoms with Crippen molar-refractivity contribution in [1.29, 1.82) is 0 Å². The van der Waals surface area contributed by atoms with Crippen LogP contribution in [0, 0.1) is 0 Å². The summed E-state index contributed by atoms with van der Waals surface area (Å²) in [4.78, 5) is 4.28. The number of nitrogens with zero attached hydrogens (tertiary/aromatic N) is 2. The fourth-order valence-electron chi connectivity index (χ4n) is 1.75. The molecule has 0 unspecified atom stereocenters. The molecule has 0 saturated carbocycles. The summed E-state index contributed by atoms with van der Waals surface area (Å²) < 4.78 is 2.30. The molecule has 0 fully saturated rings. The highest BCUT2D eigenvalue weighted by atomic mass is 15.3. The van der Waals surface area contributed by atoms with Gasteiger partial charge in [-0.25, -0.2) is 10.3 Å². The summed E-state index contributed by atoms with van der Waals surface area (Å²) in [6.07, 6.45) is 1.93. The Labute approximate surface area is 76.3 Å². The normalized spacial score (nSPS) is 18.8. The van der Waals surface area contributed by atoms with Crippen LogP contribution >= 0.6 is 0 Å². The van der Waals surface area contributed by atoms with E-state index in [2.05, 4.69) is 26.3 Å². The lowest BCUT2D eigenvalue weighted by molar-refractivity contribution is -0.534. The van der Waals surface area contributed by atoms with Gasteiger partial charge in [0.05, 0.1) is 19.6 Å². The number of aromatic nitrogens is 1. The number of pyridine rings is 1. The maximum atomic E-state index is 4.28. The summed E-state index contributed by atoms with van der Waals surface area (Å²) in [5.41, 5.74) is 1.27. The lowest BCUT2D eigenvalue weighted by atomic mass is 10.2. The molecule has 1 aromatic heterocycles. The van der Waals surface area contributed by atoms with Crippen molar-refractivity contribution in [2.45, 2.75) is 6.54 Å². The van der Waals surface area contributed by atoms with Crippen molar-refractivity contribution in [3.05, 3.63) is 23.9 Å². The van der Waals surface area contributed by atoms with Gasteiger partial charge in [0.25, 0.3) is 0 Å². The first-order valence-corrected chi connectivity index (χ1v) is 4.49. The Morgan fingerprint density at radius 1 is 1.38 bits per heavy atom. The smallest absolute Gasteiger partial charge is 0.274 e. The predicted octanol–water partition coefficient (Wildman–Crippen LogP) is -0.0212. The van der Waals surface area contributed by atoms with Gasteiger partial charge < -0.3 is 0 Å². The van der Waals surface area contributed by atoms with Crippen LogP contribution < -0.4 is 10.6 Å². The Balaban J connectivity index is 2.09. The summed E-state index contributed by atoms with van der Waals surface area (Å²) >= 11 is 0. The molecule has 0 aliphatic carbocycles. The molecule has 4 heteroatoms. The third kappa shape index (κ3) is 1.06. The molecule has 4 heterocycles. The van der Waals surface area contributed by atoms with Gasteiger partial charge in [0.15, 0.2) is 5.82 Å². The molecule has 66 valence electrons. The minimum Gasteiger partial charge on any atom is -0.274 e. The first-order chi connectivity index (χ1) is 6.42. The lowest BCUT2D eigenvalue weighted by Gasteiger charge is -2.09. The van der Waals surface area contributed by atoms with Gasteiger partial charge in [-0.2, -0.15) is 0 Å². The van der Waals surface area contributed by atoms with Gasteiger partial charge in [0, 0.05) is 11.8 Å². The largest absolute Gasteiger partial charge is 0.352 e. The fraction of sp³-hybridized carbons (Fsp3) is 0.333. The summed E-state index contributed by atoms with van der Waals surface area (Å²) in [7, 11) is 0. The summed E-state index contributed by atoms with van der Waals surface area (Å²) in [5.74, 6) is 2.01. The topological polar surface area (TPSA) is 40.0 Å². The molecular formula is C9H11N4+. The van der Waals surface area contributed by atoms with E-state index >= 15 is 0 Å². The third-order valence-corrected chi connectivity index (χ3v) is 2.44. The molecule has 0 atom stereocenters. The maximum Gasteiger partial charge on any atom is 0.352 e. The second-order valence-electron chi connectivity index (χ2n) is 3.37.